The molecule has 0 aliphatic heterocycles. The van der Waals surface area contributed by atoms with Crippen molar-refractivity contribution in [1.29, 1.82) is 0 Å². The number of carbonyl (C=O) groups excluding carboxylic acids is 1. The summed E-state index contributed by atoms with van der Waals surface area (Å²) in [4.78, 5) is 40.4. The molecule has 0 bridgehead atoms. The fraction of sp³-hybridized carbons (Fsp3) is 0.400. The SMILES string of the molecule is CC1CC(C(=O)O)C(C(=O)c2ccc3[nH]c(=O)[nH]c3c2)C1. The van der Waals surface area contributed by atoms with Gasteiger partial charge in [-0.25, -0.2) is 4.79 Å². The quantitative estimate of drug-likeness (QED) is 0.749. The molecule has 1 aliphatic carbocycles. The zero-order valence-electron chi connectivity index (χ0n) is 11.6. The third kappa shape index (κ3) is 2.37. The highest BCUT2D eigenvalue weighted by Crippen LogP contribution is 2.38. The molecule has 0 saturated heterocycles. The number of nitrogens with one attached hydrogen (secondary N) is 2. The Morgan fingerprint density at radius 3 is 2.52 bits per heavy atom. The van der Waals surface area contributed by atoms with Gasteiger partial charge in [-0.2, -0.15) is 0 Å². The summed E-state index contributed by atoms with van der Waals surface area (Å²) in [6.45, 7) is 1.97. The van der Waals surface area contributed by atoms with E-state index in [1.54, 1.807) is 18.2 Å². The summed E-state index contributed by atoms with van der Waals surface area (Å²) in [5.41, 5.74) is 1.31. The average Bonchev–Trinajstić information content (AvgIpc) is 2.98. The smallest absolute Gasteiger partial charge is 0.323 e. The molecular formula is C15H16N2O4. The maximum absolute atomic E-state index is 12.6. The van der Waals surface area contributed by atoms with Crippen molar-refractivity contribution in [2.75, 3.05) is 0 Å². The van der Waals surface area contributed by atoms with Gasteiger partial charge in [-0.15, -0.1) is 0 Å². The number of aromatic amines is 2. The highest BCUT2D eigenvalue weighted by atomic mass is 16.4. The van der Waals surface area contributed by atoms with E-state index < -0.39 is 17.8 Å². The van der Waals surface area contributed by atoms with E-state index >= 15 is 0 Å². The zero-order chi connectivity index (χ0) is 15.1. The lowest BCUT2D eigenvalue weighted by Crippen LogP contribution is -2.25. The number of H-pyrrole nitrogens is 2. The fourth-order valence-electron chi connectivity index (χ4n) is 3.25. The van der Waals surface area contributed by atoms with Gasteiger partial charge >= 0.3 is 11.7 Å². The number of imidazole rings is 1. The predicted molar refractivity (Wildman–Crippen MR) is 76.3 cm³/mol. The summed E-state index contributed by atoms with van der Waals surface area (Å²) in [5.74, 6) is -1.94. The van der Waals surface area contributed by atoms with E-state index in [1.807, 2.05) is 6.92 Å². The van der Waals surface area contributed by atoms with Crippen molar-refractivity contribution in [1.82, 2.24) is 9.97 Å². The molecule has 6 nitrogen and oxygen atoms in total. The van der Waals surface area contributed by atoms with Crippen molar-refractivity contribution in [3.05, 3.63) is 34.2 Å². The maximum atomic E-state index is 12.6. The van der Waals surface area contributed by atoms with E-state index in [4.69, 9.17) is 0 Å². The highest BCUT2D eigenvalue weighted by molar-refractivity contribution is 6.02. The second-order valence-electron chi connectivity index (χ2n) is 5.83. The van der Waals surface area contributed by atoms with Crippen LogP contribution in [0.25, 0.3) is 11.0 Å². The van der Waals surface area contributed by atoms with Crippen LogP contribution in [0.5, 0.6) is 0 Å². The molecule has 1 heterocycles. The van der Waals surface area contributed by atoms with Gasteiger partial charge in [0.1, 0.15) is 0 Å². The Labute approximate surface area is 120 Å². The third-order valence-electron chi connectivity index (χ3n) is 4.25. The molecule has 3 unspecified atom stereocenters. The zero-order valence-corrected chi connectivity index (χ0v) is 11.6. The molecule has 2 aromatic rings. The number of ketones is 1. The van der Waals surface area contributed by atoms with Gasteiger partial charge in [0, 0.05) is 11.5 Å². The largest absolute Gasteiger partial charge is 0.481 e. The van der Waals surface area contributed by atoms with E-state index in [0.29, 0.717) is 29.4 Å². The Balaban J connectivity index is 1.95. The molecule has 6 heteroatoms. The second kappa shape index (κ2) is 4.87. The molecule has 3 rings (SSSR count). The first kappa shape index (κ1) is 13.6. The molecule has 1 aliphatic rings. The molecular weight excluding hydrogens is 272 g/mol. The summed E-state index contributed by atoms with van der Waals surface area (Å²) in [6.07, 6.45) is 1.13. The van der Waals surface area contributed by atoms with E-state index in [1.165, 1.54) is 0 Å². The van der Waals surface area contributed by atoms with Crippen LogP contribution in [-0.4, -0.2) is 26.8 Å². The Kier molecular flexibility index (Phi) is 3.16. The van der Waals surface area contributed by atoms with Crippen LogP contribution in [0.3, 0.4) is 0 Å². The number of benzene rings is 1. The number of carboxylic acids is 1. The number of fused-ring (bicyclic) bond motifs is 1. The monoisotopic (exact) mass is 288 g/mol. The number of carbonyl (C=O) groups is 2. The third-order valence-corrected chi connectivity index (χ3v) is 4.25. The maximum Gasteiger partial charge on any atom is 0.323 e. The molecule has 0 radical (unpaired) electrons. The Morgan fingerprint density at radius 2 is 1.81 bits per heavy atom. The van der Waals surface area contributed by atoms with E-state index in [9.17, 15) is 19.5 Å². The Hall–Kier alpha value is -2.37. The number of Topliss-reactive ketones (excluding diaryl/α,β-unsaturated/α-hetero) is 1. The summed E-state index contributed by atoms with van der Waals surface area (Å²) < 4.78 is 0. The number of hydrogen-bond donors (Lipinski definition) is 3. The topological polar surface area (TPSA) is 103 Å². The molecule has 0 amide bonds. The van der Waals surface area contributed by atoms with Crippen LogP contribution in [0, 0.1) is 17.8 Å². The van der Waals surface area contributed by atoms with Crippen LogP contribution < -0.4 is 5.69 Å². The van der Waals surface area contributed by atoms with Gasteiger partial charge in [0.2, 0.25) is 0 Å². The van der Waals surface area contributed by atoms with Crippen molar-refractivity contribution < 1.29 is 14.7 Å². The number of aromatic nitrogens is 2. The van der Waals surface area contributed by atoms with Crippen LogP contribution in [0.4, 0.5) is 0 Å². The van der Waals surface area contributed by atoms with Crippen LogP contribution in [0.15, 0.2) is 23.0 Å². The lowest BCUT2D eigenvalue weighted by Gasteiger charge is -2.14. The number of aliphatic carboxylic acids is 1. The second-order valence-corrected chi connectivity index (χ2v) is 5.83. The van der Waals surface area contributed by atoms with Gasteiger partial charge in [0.15, 0.2) is 5.78 Å². The number of rotatable bonds is 3. The molecule has 1 aromatic carbocycles. The van der Waals surface area contributed by atoms with Gasteiger partial charge in [0.05, 0.1) is 17.0 Å². The number of hydrogen-bond acceptors (Lipinski definition) is 3. The lowest BCUT2D eigenvalue weighted by atomic mass is 9.88. The van der Waals surface area contributed by atoms with Gasteiger partial charge in [-0.1, -0.05) is 6.92 Å². The molecule has 3 atom stereocenters. The van der Waals surface area contributed by atoms with Crippen molar-refractivity contribution in [2.45, 2.75) is 19.8 Å². The molecule has 0 spiro atoms. The standard InChI is InChI=1S/C15H16N2O4/c1-7-4-9(10(5-7)14(19)20)13(18)8-2-3-11-12(6-8)17-15(21)16-11/h2-3,6-7,9-10H,4-5H2,1H3,(H,19,20)(H2,16,17,21). The summed E-state index contributed by atoms with van der Waals surface area (Å²) in [5, 5.41) is 9.27. The Bertz CT molecular complexity index is 773. The Morgan fingerprint density at radius 1 is 1.14 bits per heavy atom. The van der Waals surface area contributed by atoms with Crippen LogP contribution in [0.1, 0.15) is 30.1 Å². The molecule has 1 saturated carbocycles. The van der Waals surface area contributed by atoms with Gasteiger partial charge < -0.3 is 15.1 Å². The first-order valence-electron chi connectivity index (χ1n) is 6.95. The first-order valence-corrected chi connectivity index (χ1v) is 6.95. The van der Waals surface area contributed by atoms with Gasteiger partial charge in [0.25, 0.3) is 0 Å². The van der Waals surface area contributed by atoms with E-state index in [0.717, 1.165) is 0 Å². The summed E-state index contributed by atoms with van der Waals surface area (Å²) in [7, 11) is 0. The van der Waals surface area contributed by atoms with Crippen LogP contribution in [0.2, 0.25) is 0 Å². The van der Waals surface area contributed by atoms with Gasteiger partial charge in [-0.05, 0) is 37.0 Å². The molecule has 110 valence electrons. The lowest BCUT2D eigenvalue weighted by molar-refractivity contribution is -0.142. The van der Waals surface area contributed by atoms with E-state index in [-0.39, 0.29) is 17.4 Å². The van der Waals surface area contributed by atoms with E-state index in [2.05, 4.69) is 9.97 Å². The van der Waals surface area contributed by atoms with Crippen molar-refractivity contribution in [2.24, 2.45) is 17.8 Å². The first-order chi connectivity index (χ1) is 9.95. The highest BCUT2D eigenvalue weighted by Gasteiger charge is 2.41. The minimum atomic E-state index is -0.908. The minimum absolute atomic E-state index is 0.157. The normalized spacial score (nSPS) is 25.3. The van der Waals surface area contributed by atoms with Crippen molar-refractivity contribution in [3.8, 4) is 0 Å². The molecule has 1 aromatic heterocycles. The minimum Gasteiger partial charge on any atom is -0.481 e. The van der Waals surface area contributed by atoms with Crippen molar-refractivity contribution in [3.63, 3.8) is 0 Å². The predicted octanol–water partition coefficient (Wildman–Crippen LogP) is 1.79. The molecule has 3 N–H and O–H groups in total. The average molecular weight is 288 g/mol. The van der Waals surface area contributed by atoms with Gasteiger partial charge in [-0.3, -0.25) is 9.59 Å². The number of carboxylic acid groups (broad SMARTS) is 1. The fourth-order valence-corrected chi connectivity index (χ4v) is 3.25. The van der Waals surface area contributed by atoms with Crippen molar-refractivity contribution >= 4 is 22.8 Å². The van der Waals surface area contributed by atoms with Crippen LogP contribution in [-0.2, 0) is 4.79 Å². The molecule has 21 heavy (non-hydrogen) atoms. The molecule has 1 fully saturated rings. The summed E-state index contributed by atoms with van der Waals surface area (Å²) in [6, 6.07) is 4.91. The van der Waals surface area contributed by atoms with Crippen LogP contribution >= 0.6 is 0 Å². The summed E-state index contributed by atoms with van der Waals surface area (Å²) >= 11 is 0.